The maximum absolute atomic E-state index is 13.2. The zero-order chi connectivity index (χ0) is 22.8. The Hall–Kier alpha value is -2.15. The lowest BCUT2D eigenvalue weighted by atomic mass is 9.94. The van der Waals surface area contributed by atoms with Gasteiger partial charge in [0.05, 0.1) is 36.2 Å². The van der Waals surface area contributed by atoms with Gasteiger partial charge >= 0.3 is 0 Å². The number of hydrogen-bond donors (Lipinski definition) is 0. The maximum Gasteiger partial charge on any atom is 0.237 e. The molecule has 0 aliphatic heterocycles. The van der Waals surface area contributed by atoms with E-state index in [2.05, 4.69) is 0 Å². The number of pyridine rings is 1. The number of hydrogen-bond acceptors (Lipinski definition) is 5. The molecule has 0 fully saturated rings. The molecule has 1 aromatic heterocycles. The first-order valence-electron chi connectivity index (χ1n) is 10.3. The first-order chi connectivity index (χ1) is 15.4. The monoisotopic (exact) mass is 490 g/mol. The van der Waals surface area contributed by atoms with Crippen molar-refractivity contribution >= 4 is 57.5 Å². The molecular formula is C24H24Cl2N2O3S. The number of thioether (sulfide) groups is 1. The molecule has 4 rings (SSSR count). The minimum Gasteiger partial charge on any atom is -0.495 e. The Morgan fingerprint density at radius 2 is 1.84 bits per heavy atom. The third-order valence-corrected chi connectivity index (χ3v) is 7.38. The molecule has 32 heavy (non-hydrogen) atoms. The Balaban J connectivity index is 1.63. The highest BCUT2D eigenvalue weighted by Gasteiger charge is 2.22. The van der Waals surface area contributed by atoms with Crippen LogP contribution in [0, 0.1) is 0 Å². The van der Waals surface area contributed by atoms with E-state index in [0.717, 1.165) is 47.2 Å². The Morgan fingerprint density at radius 3 is 2.59 bits per heavy atom. The molecule has 5 nitrogen and oxygen atoms in total. The van der Waals surface area contributed by atoms with E-state index in [1.54, 1.807) is 43.0 Å². The Morgan fingerprint density at radius 1 is 1.09 bits per heavy atom. The van der Waals surface area contributed by atoms with Crippen LogP contribution in [0.1, 0.15) is 24.1 Å². The normalized spacial score (nSPS) is 13.0. The van der Waals surface area contributed by atoms with E-state index in [-0.39, 0.29) is 11.7 Å². The standard InChI is InChI=1S/C24H24Cl2N2O3S/c1-28(20-11-17(26)21(30-2)12-22(20)31-3)23(29)13-32-24-15-6-4-5-7-18(15)27-19-9-8-14(25)10-16(19)24/h8-12H,4-7,13H2,1-3H3. The van der Waals surface area contributed by atoms with Crippen molar-refractivity contribution in [2.24, 2.45) is 0 Å². The third-order valence-electron chi connectivity index (χ3n) is 5.70. The van der Waals surface area contributed by atoms with E-state index in [9.17, 15) is 4.79 Å². The van der Waals surface area contributed by atoms with Gasteiger partial charge in [-0.15, -0.1) is 11.8 Å². The van der Waals surface area contributed by atoms with Gasteiger partial charge in [-0.25, -0.2) is 0 Å². The van der Waals surface area contributed by atoms with Crippen molar-refractivity contribution in [3.63, 3.8) is 0 Å². The van der Waals surface area contributed by atoms with Crippen molar-refractivity contribution in [1.82, 2.24) is 4.98 Å². The first kappa shape index (κ1) is 23.0. The van der Waals surface area contributed by atoms with Crippen molar-refractivity contribution in [3.05, 3.63) is 51.6 Å². The molecule has 0 N–H and O–H groups in total. The number of methoxy groups -OCH3 is 2. The van der Waals surface area contributed by atoms with Crippen molar-refractivity contribution in [3.8, 4) is 11.5 Å². The minimum absolute atomic E-state index is 0.0638. The summed E-state index contributed by atoms with van der Waals surface area (Å²) in [5.41, 5.74) is 3.89. The largest absolute Gasteiger partial charge is 0.495 e. The number of anilines is 1. The highest BCUT2D eigenvalue weighted by Crippen LogP contribution is 2.39. The van der Waals surface area contributed by atoms with Crippen LogP contribution in [0.3, 0.4) is 0 Å². The van der Waals surface area contributed by atoms with Gasteiger partial charge in [0.1, 0.15) is 11.5 Å². The zero-order valence-electron chi connectivity index (χ0n) is 18.2. The predicted molar refractivity (Wildman–Crippen MR) is 132 cm³/mol. The number of benzene rings is 2. The van der Waals surface area contributed by atoms with Gasteiger partial charge in [0.25, 0.3) is 0 Å². The Labute approximate surface area is 202 Å². The fourth-order valence-corrected chi connectivity index (χ4v) is 5.57. The summed E-state index contributed by atoms with van der Waals surface area (Å²) in [5, 5.41) is 2.08. The average molecular weight is 491 g/mol. The molecular weight excluding hydrogens is 467 g/mol. The molecule has 1 amide bonds. The fourth-order valence-electron chi connectivity index (χ4n) is 3.99. The predicted octanol–water partition coefficient (Wildman–Crippen LogP) is 6.19. The third kappa shape index (κ3) is 4.49. The number of ether oxygens (including phenoxy) is 2. The molecule has 168 valence electrons. The number of nitrogens with zero attached hydrogens (tertiary/aromatic N) is 2. The van der Waals surface area contributed by atoms with E-state index < -0.39 is 0 Å². The number of aryl methyl sites for hydroxylation is 1. The quantitative estimate of drug-likeness (QED) is 0.385. The minimum atomic E-state index is -0.0638. The number of fused-ring (bicyclic) bond motifs is 2. The number of carbonyl (C=O) groups excluding carboxylic acids is 1. The second kappa shape index (κ2) is 9.77. The molecule has 0 atom stereocenters. The van der Waals surface area contributed by atoms with Gasteiger partial charge in [0.2, 0.25) is 5.91 Å². The summed E-state index contributed by atoms with van der Waals surface area (Å²) < 4.78 is 10.7. The van der Waals surface area contributed by atoms with E-state index in [1.165, 1.54) is 12.7 Å². The van der Waals surface area contributed by atoms with Crippen LogP contribution in [0.4, 0.5) is 5.69 Å². The zero-order valence-corrected chi connectivity index (χ0v) is 20.5. The van der Waals surface area contributed by atoms with Crippen molar-refractivity contribution in [1.29, 1.82) is 0 Å². The molecule has 0 saturated heterocycles. The van der Waals surface area contributed by atoms with Crippen molar-refractivity contribution in [2.75, 3.05) is 31.9 Å². The van der Waals surface area contributed by atoms with Crippen LogP contribution < -0.4 is 14.4 Å². The van der Waals surface area contributed by atoms with Gasteiger partial charge in [0.15, 0.2) is 0 Å². The van der Waals surface area contributed by atoms with Gasteiger partial charge in [-0.2, -0.15) is 0 Å². The van der Waals surface area contributed by atoms with E-state index in [1.807, 2.05) is 18.2 Å². The number of amides is 1. The first-order valence-corrected chi connectivity index (χ1v) is 12.1. The summed E-state index contributed by atoms with van der Waals surface area (Å²) in [6, 6.07) is 9.13. The van der Waals surface area contributed by atoms with E-state index in [4.69, 9.17) is 37.7 Å². The van der Waals surface area contributed by atoms with Crippen LogP contribution in [-0.2, 0) is 17.6 Å². The molecule has 0 radical (unpaired) electrons. The average Bonchev–Trinajstić information content (AvgIpc) is 2.81. The van der Waals surface area contributed by atoms with Crippen LogP contribution in [0.5, 0.6) is 11.5 Å². The van der Waals surface area contributed by atoms with Crippen LogP contribution >= 0.6 is 35.0 Å². The highest BCUT2D eigenvalue weighted by atomic mass is 35.5. The molecule has 1 aliphatic rings. The summed E-state index contributed by atoms with van der Waals surface area (Å²) in [4.78, 5) is 20.7. The topological polar surface area (TPSA) is 51.7 Å². The van der Waals surface area contributed by atoms with Crippen molar-refractivity contribution < 1.29 is 14.3 Å². The van der Waals surface area contributed by atoms with E-state index in [0.29, 0.717) is 27.2 Å². The molecule has 0 unspecified atom stereocenters. The highest BCUT2D eigenvalue weighted by molar-refractivity contribution is 8.00. The summed E-state index contributed by atoms with van der Waals surface area (Å²) in [5.74, 6) is 1.22. The van der Waals surface area contributed by atoms with Crippen molar-refractivity contribution in [2.45, 2.75) is 30.6 Å². The Kier molecular flexibility index (Phi) is 7.03. The van der Waals surface area contributed by atoms with Gasteiger partial charge in [0, 0.05) is 34.1 Å². The van der Waals surface area contributed by atoms with Gasteiger partial charge in [-0.05, 0) is 55.5 Å². The summed E-state index contributed by atoms with van der Waals surface area (Å²) in [6.07, 6.45) is 4.21. The summed E-state index contributed by atoms with van der Waals surface area (Å²) in [6.45, 7) is 0. The second-order valence-electron chi connectivity index (χ2n) is 7.63. The number of aromatic nitrogens is 1. The number of rotatable bonds is 6. The fraction of sp³-hybridized carbons (Fsp3) is 0.333. The van der Waals surface area contributed by atoms with Crippen LogP contribution in [0.15, 0.2) is 35.2 Å². The Bertz CT molecular complexity index is 1190. The molecule has 2 aromatic carbocycles. The lowest BCUT2D eigenvalue weighted by Gasteiger charge is -2.23. The molecule has 1 heterocycles. The van der Waals surface area contributed by atoms with Crippen LogP contribution in [0.2, 0.25) is 10.0 Å². The lowest BCUT2D eigenvalue weighted by molar-refractivity contribution is -0.115. The number of carbonyl (C=O) groups is 1. The molecule has 0 bridgehead atoms. The van der Waals surface area contributed by atoms with E-state index >= 15 is 0 Å². The number of halogens is 2. The molecule has 1 aliphatic carbocycles. The molecule has 8 heteroatoms. The molecule has 3 aromatic rings. The van der Waals surface area contributed by atoms with Gasteiger partial charge < -0.3 is 14.4 Å². The van der Waals surface area contributed by atoms with Crippen LogP contribution in [-0.4, -0.2) is 37.9 Å². The molecule has 0 saturated carbocycles. The summed E-state index contributed by atoms with van der Waals surface area (Å²) in [7, 11) is 4.82. The van der Waals surface area contributed by atoms with Gasteiger partial charge in [-0.3, -0.25) is 9.78 Å². The second-order valence-corrected chi connectivity index (χ2v) is 9.46. The molecule has 0 spiro atoms. The maximum atomic E-state index is 13.2. The smallest absolute Gasteiger partial charge is 0.237 e. The SMILES string of the molecule is COc1cc(OC)c(N(C)C(=O)CSc2c3c(nc4ccc(Cl)cc24)CCCC3)cc1Cl. The summed E-state index contributed by atoms with van der Waals surface area (Å²) >= 11 is 14.1. The lowest BCUT2D eigenvalue weighted by Crippen LogP contribution is -2.28. The van der Waals surface area contributed by atoms with Gasteiger partial charge in [-0.1, -0.05) is 23.2 Å². The van der Waals surface area contributed by atoms with Crippen LogP contribution in [0.25, 0.3) is 10.9 Å².